The van der Waals surface area contributed by atoms with Crippen LogP contribution >= 0.6 is 15.9 Å². The van der Waals surface area contributed by atoms with Crippen LogP contribution in [0.1, 0.15) is 11.4 Å². The van der Waals surface area contributed by atoms with E-state index in [1.54, 1.807) is 37.2 Å². The first kappa shape index (κ1) is 15.9. The van der Waals surface area contributed by atoms with Gasteiger partial charge in [-0.3, -0.25) is 0 Å². The molecule has 2 aromatic rings. The normalized spacial score (nSPS) is 11.1. The number of nitrogens with two attached hydrogens (primary N) is 1. The molecule has 0 aliphatic heterocycles. The molecule has 0 saturated heterocycles. The second-order valence-electron chi connectivity index (χ2n) is 4.56. The second-order valence-corrected chi connectivity index (χ2v) is 5.41. The van der Waals surface area contributed by atoms with E-state index in [-0.39, 0.29) is 23.2 Å². The lowest BCUT2D eigenvalue weighted by atomic mass is 10.1. The lowest BCUT2D eigenvalue weighted by molar-refractivity contribution is 0.621. The Labute approximate surface area is 135 Å². The van der Waals surface area contributed by atoms with Crippen molar-refractivity contribution in [3.8, 4) is 6.07 Å². The summed E-state index contributed by atoms with van der Waals surface area (Å²) in [6.07, 6.45) is 1.55. The minimum Gasteiger partial charge on any atom is -0.368 e. The fourth-order valence-corrected chi connectivity index (χ4v) is 2.01. The highest BCUT2D eigenvalue weighted by Gasteiger charge is 2.11. The van der Waals surface area contributed by atoms with Gasteiger partial charge in [0.2, 0.25) is 11.9 Å². The van der Waals surface area contributed by atoms with Crippen molar-refractivity contribution >= 4 is 39.5 Å². The molecule has 0 fully saturated rings. The summed E-state index contributed by atoms with van der Waals surface area (Å²) >= 11 is 3.10. The first-order chi connectivity index (χ1) is 10.4. The molecule has 1 heterocycles. The summed E-state index contributed by atoms with van der Waals surface area (Å²) in [7, 11) is 3.51. The number of hydrogen-bond acceptors (Lipinski definition) is 6. The van der Waals surface area contributed by atoms with Gasteiger partial charge in [0.1, 0.15) is 11.9 Å². The largest absolute Gasteiger partial charge is 0.368 e. The van der Waals surface area contributed by atoms with Crippen molar-refractivity contribution in [2.75, 3.05) is 24.7 Å². The summed E-state index contributed by atoms with van der Waals surface area (Å²) in [6, 6.07) is 6.43. The molecule has 0 unspecified atom stereocenters. The van der Waals surface area contributed by atoms with Crippen molar-refractivity contribution in [1.82, 2.24) is 15.0 Å². The predicted octanol–water partition coefficient (Wildman–Crippen LogP) is 2.49. The Morgan fingerprint density at radius 3 is 2.68 bits per heavy atom. The first-order valence-corrected chi connectivity index (χ1v) is 6.96. The minimum atomic E-state index is -0.380. The third-order valence-corrected chi connectivity index (χ3v) is 3.26. The lowest BCUT2D eigenvalue weighted by Crippen LogP contribution is -2.15. The smallest absolute Gasteiger partial charge is 0.230 e. The standard InChI is InChI=1S/C14H12BrFN6/c1-22(2)14-20-12(19-13(18)21-14)9(7-17)5-8-3-4-11(16)10(15)6-8/h3-6H,1-2H3,(H2,18,19,20,21)/b9-5+. The van der Waals surface area contributed by atoms with Gasteiger partial charge in [-0.15, -0.1) is 0 Å². The van der Waals surface area contributed by atoms with Crippen LogP contribution in [0.15, 0.2) is 22.7 Å². The van der Waals surface area contributed by atoms with E-state index in [2.05, 4.69) is 30.9 Å². The molecule has 1 aromatic heterocycles. The molecule has 0 amide bonds. The van der Waals surface area contributed by atoms with E-state index in [1.165, 1.54) is 6.07 Å². The summed E-state index contributed by atoms with van der Waals surface area (Å²) < 4.78 is 13.6. The highest BCUT2D eigenvalue weighted by atomic mass is 79.9. The zero-order valence-corrected chi connectivity index (χ0v) is 13.5. The van der Waals surface area contributed by atoms with Gasteiger partial charge in [0, 0.05) is 14.1 Å². The van der Waals surface area contributed by atoms with Gasteiger partial charge in [0.25, 0.3) is 0 Å². The zero-order valence-electron chi connectivity index (χ0n) is 11.9. The number of allylic oxidation sites excluding steroid dienone is 1. The quantitative estimate of drug-likeness (QED) is 0.843. The maximum atomic E-state index is 13.2. The van der Waals surface area contributed by atoms with E-state index >= 15 is 0 Å². The molecule has 0 atom stereocenters. The van der Waals surface area contributed by atoms with Gasteiger partial charge in [-0.2, -0.15) is 20.2 Å². The van der Waals surface area contributed by atoms with Crippen molar-refractivity contribution in [3.63, 3.8) is 0 Å². The van der Waals surface area contributed by atoms with Crippen molar-refractivity contribution in [2.45, 2.75) is 0 Å². The van der Waals surface area contributed by atoms with Gasteiger partial charge < -0.3 is 10.6 Å². The molecule has 2 N–H and O–H groups in total. The van der Waals surface area contributed by atoms with Crippen LogP contribution in [-0.4, -0.2) is 29.0 Å². The number of benzene rings is 1. The fourth-order valence-electron chi connectivity index (χ4n) is 1.62. The molecule has 0 spiro atoms. The summed E-state index contributed by atoms with van der Waals surface area (Å²) in [4.78, 5) is 13.8. The Kier molecular flexibility index (Phi) is 4.68. The summed E-state index contributed by atoms with van der Waals surface area (Å²) in [5.74, 6) is 0.160. The highest BCUT2D eigenvalue weighted by Crippen LogP contribution is 2.21. The molecular weight excluding hydrogens is 351 g/mol. The molecule has 0 radical (unpaired) electrons. The number of nitrogen functional groups attached to an aromatic ring is 1. The van der Waals surface area contributed by atoms with Crippen LogP contribution in [0.2, 0.25) is 0 Å². The van der Waals surface area contributed by atoms with Gasteiger partial charge in [-0.1, -0.05) is 6.07 Å². The number of halogens is 2. The summed E-state index contributed by atoms with van der Waals surface area (Å²) in [6.45, 7) is 0. The molecule has 112 valence electrons. The molecule has 8 heteroatoms. The molecule has 2 rings (SSSR count). The number of nitriles is 1. The summed E-state index contributed by atoms with van der Waals surface area (Å²) in [5.41, 5.74) is 6.48. The Morgan fingerprint density at radius 2 is 2.09 bits per heavy atom. The Hall–Kier alpha value is -2.53. The number of hydrogen-bond donors (Lipinski definition) is 1. The minimum absolute atomic E-state index is 0.0233. The monoisotopic (exact) mass is 362 g/mol. The van der Waals surface area contributed by atoms with Crippen LogP contribution in [-0.2, 0) is 0 Å². The van der Waals surface area contributed by atoms with Crippen LogP contribution in [0.25, 0.3) is 11.6 Å². The number of rotatable bonds is 3. The predicted molar refractivity (Wildman–Crippen MR) is 86.2 cm³/mol. The average molecular weight is 363 g/mol. The van der Waals surface area contributed by atoms with Crippen LogP contribution in [0.3, 0.4) is 0 Å². The molecule has 0 saturated carbocycles. The first-order valence-electron chi connectivity index (χ1n) is 6.17. The molecule has 0 aliphatic rings. The Morgan fingerprint density at radius 1 is 1.36 bits per heavy atom. The van der Waals surface area contributed by atoms with E-state index in [4.69, 9.17) is 5.73 Å². The highest BCUT2D eigenvalue weighted by molar-refractivity contribution is 9.10. The van der Waals surface area contributed by atoms with Crippen molar-refractivity contribution in [1.29, 1.82) is 5.26 Å². The number of nitrogens with zero attached hydrogens (tertiary/aromatic N) is 5. The average Bonchev–Trinajstić information content (AvgIpc) is 2.47. The van der Waals surface area contributed by atoms with Crippen LogP contribution in [0, 0.1) is 17.1 Å². The van der Waals surface area contributed by atoms with Crippen molar-refractivity contribution in [3.05, 3.63) is 39.9 Å². The molecule has 0 aliphatic carbocycles. The third-order valence-electron chi connectivity index (χ3n) is 2.66. The second kappa shape index (κ2) is 6.49. The zero-order chi connectivity index (χ0) is 16.3. The maximum Gasteiger partial charge on any atom is 0.230 e. The Balaban J connectivity index is 2.50. The van der Waals surface area contributed by atoms with E-state index in [1.807, 2.05) is 6.07 Å². The number of anilines is 2. The van der Waals surface area contributed by atoms with E-state index in [0.717, 1.165) is 0 Å². The van der Waals surface area contributed by atoms with E-state index in [0.29, 0.717) is 16.0 Å². The van der Waals surface area contributed by atoms with Crippen molar-refractivity contribution < 1.29 is 4.39 Å². The van der Waals surface area contributed by atoms with Crippen LogP contribution in [0.4, 0.5) is 16.3 Å². The molecule has 22 heavy (non-hydrogen) atoms. The van der Waals surface area contributed by atoms with Gasteiger partial charge >= 0.3 is 0 Å². The van der Waals surface area contributed by atoms with Gasteiger partial charge in [-0.05, 0) is 39.7 Å². The lowest BCUT2D eigenvalue weighted by Gasteiger charge is -2.11. The van der Waals surface area contributed by atoms with E-state index < -0.39 is 0 Å². The SMILES string of the molecule is CN(C)c1nc(N)nc(/C(C#N)=C/c2ccc(F)c(Br)c2)n1. The summed E-state index contributed by atoms with van der Waals surface area (Å²) in [5, 5.41) is 9.33. The van der Waals surface area contributed by atoms with Crippen LogP contribution in [0.5, 0.6) is 0 Å². The van der Waals surface area contributed by atoms with Gasteiger partial charge in [-0.25, -0.2) is 4.39 Å². The molecule has 6 nitrogen and oxygen atoms in total. The van der Waals surface area contributed by atoms with E-state index in [9.17, 15) is 9.65 Å². The number of aromatic nitrogens is 3. The molecule has 1 aromatic carbocycles. The van der Waals surface area contributed by atoms with Gasteiger partial charge in [0.05, 0.1) is 10.0 Å². The Bertz CT molecular complexity index is 781. The fraction of sp³-hybridized carbons (Fsp3) is 0.143. The molecular formula is C14H12BrFN6. The van der Waals surface area contributed by atoms with Crippen molar-refractivity contribution in [2.24, 2.45) is 0 Å². The third kappa shape index (κ3) is 3.56. The topological polar surface area (TPSA) is 91.7 Å². The van der Waals surface area contributed by atoms with Crippen LogP contribution < -0.4 is 10.6 Å². The van der Waals surface area contributed by atoms with Gasteiger partial charge in [0.15, 0.2) is 5.82 Å². The maximum absolute atomic E-state index is 13.2. The molecule has 0 bridgehead atoms.